The number of alkyl halides is 3. The van der Waals surface area contributed by atoms with Crippen LogP contribution in [-0.2, 0) is 11.0 Å². The van der Waals surface area contributed by atoms with Crippen LogP contribution >= 0.6 is 11.3 Å². The maximum atomic E-state index is 13.0. The highest BCUT2D eigenvalue weighted by Gasteiger charge is 2.33. The standard InChI is InChI=1S/C19H20F3N3O2S/c1-13-6-11-28-17(13)18(27)25-9-7-24(8-10-25)12-16(26)23-15-5-3-2-4-14(15)19(20,21)22/h2-6,11H,7-10,12H2,1H3,(H,23,26). The van der Waals surface area contributed by atoms with Gasteiger partial charge in [0, 0.05) is 26.2 Å². The van der Waals surface area contributed by atoms with Gasteiger partial charge in [-0.05, 0) is 36.1 Å². The van der Waals surface area contributed by atoms with Crippen molar-refractivity contribution in [1.82, 2.24) is 9.80 Å². The Morgan fingerprint density at radius 2 is 1.79 bits per heavy atom. The summed E-state index contributed by atoms with van der Waals surface area (Å²) in [5.41, 5.74) is -0.174. The Hall–Kier alpha value is -2.39. The van der Waals surface area contributed by atoms with Crippen molar-refractivity contribution >= 4 is 28.8 Å². The number of amides is 2. The number of thiophene rings is 1. The molecule has 1 N–H and O–H groups in total. The van der Waals surface area contributed by atoms with E-state index < -0.39 is 17.6 Å². The second kappa shape index (κ2) is 8.32. The van der Waals surface area contributed by atoms with Crippen molar-refractivity contribution in [3.8, 4) is 0 Å². The molecule has 0 unspecified atom stereocenters. The van der Waals surface area contributed by atoms with E-state index in [1.54, 1.807) is 4.90 Å². The van der Waals surface area contributed by atoms with Gasteiger partial charge in [0.15, 0.2) is 0 Å². The molecule has 1 aliphatic heterocycles. The van der Waals surface area contributed by atoms with Gasteiger partial charge in [-0.1, -0.05) is 12.1 Å². The molecule has 1 saturated heterocycles. The van der Waals surface area contributed by atoms with Gasteiger partial charge in [-0.25, -0.2) is 0 Å². The van der Waals surface area contributed by atoms with Crippen LogP contribution in [0.25, 0.3) is 0 Å². The van der Waals surface area contributed by atoms with E-state index in [1.165, 1.54) is 29.5 Å². The van der Waals surface area contributed by atoms with Gasteiger partial charge in [0.05, 0.1) is 22.7 Å². The van der Waals surface area contributed by atoms with Crippen molar-refractivity contribution in [1.29, 1.82) is 0 Å². The molecule has 1 aromatic carbocycles. The van der Waals surface area contributed by atoms with E-state index in [4.69, 9.17) is 0 Å². The maximum absolute atomic E-state index is 13.0. The number of anilines is 1. The van der Waals surface area contributed by atoms with Crippen LogP contribution in [0.4, 0.5) is 18.9 Å². The lowest BCUT2D eigenvalue weighted by molar-refractivity contribution is -0.137. The number of carbonyl (C=O) groups excluding carboxylic acids is 2. The van der Waals surface area contributed by atoms with E-state index >= 15 is 0 Å². The van der Waals surface area contributed by atoms with Crippen LogP contribution in [0.15, 0.2) is 35.7 Å². The van der Waals surface area contributed by atoms with Gasteiger partial charge >= 0.3 is 6.18 Å². The lowest BCUT2D eigenvalue weighted by Crippen LogP contribution is -2.50. The number of carbonyl (C=O) groups is 2. The van der Waals surface area contributed by atoms with Gasteiger partial charge in [-0.15, -0.1) is 11.3 Å². The van der Waals surface area contributed by atoms with Crippen LogP contribution in [-0.4, -0.2) is 54.3 Å². The number of hydrogen-bond acceptors (Lipinski definition) is 4. The van der Waals surface area contributed by atoms with Crippen LogP contribution in [0.5, 0.6) is 0 Å². The van der Waals surface area contributed by atoms with E-state index in [0.717, 1.165) is 16.5 Å². The highest BCUT2D eigenvalue weighted by atomic mass is 32.1. The average Bonchev–Trinajstić information content (AvgIpc) is 3.07. The Morgan fingerprint density at radius 1 is 1.11 bits per heavy atom. The fourth-order valence-corrected chi connectivity index (χ4v) is 3.97. The number of piperazine rings is 1. The third-order valence-corrected chi connectivity index (χ3v) is 5.59. The molecule has 0 atom stereocenters. The summed E-state index contributed by atoms with van der Waals surface area (Å²) < 4.78 is 39.1. The Labute approximate surface area is 164 Å². The third kappa shape index (κ3) is 4.71. The van der Waals surface area contributed by atoms with Gasteiger partial charge in [0.1, 0.15) is 0 Å². The van der Waals surface area contributed by atoms with Crippen LogP contribution in [0.3, 0.4) is 0 Å². The van der Waals surface area contributed by atoms with Crippen molar-refractivity contribution in [2.45, 2.75) is 13.1 Å². The Bertz CT molecular complexity index is 858. The maximum Gasteiger partial charge on any atom is 0.418 e. The average molecular weight is 411 g/mol. The predicted octanol–water partition coefficient (Wildman–Crippen LogP) is 3.47. The third-order valence-electron chi connectivity index (χ3n) is 4.59. The predicted molar refractivity (Wildman–Crippen MR) is 101 cm³/mol. The molecule has 0 spiro atoms. The summed E-state index contributed by atoms with van der Waals surface area (Å²) >= 11 is 1.41. The summed E-state index contributed by atoms with van der Waals surface area (Å²) in [7, 11) is 0. The molecule has 150 valence electrons. The van der Waals surface area contributed by atoms with E-state index in [2.05, 4.69) is 5.32 Å². The van der Waals surface area contributed by atoms with Gasteiger partial charge in [0.2, 0.25) is 5.91 Å². The fraction of sp³-hybridized carbons (Fsp3) is 0.368. The quantitative estimate of drug-likeness (QED) is 0.838. The molecule has 2 aromatic rings. The molecular weight excluding hydrogens is 391 g/mol. The smallest absolute Gasteiger partial charge is 0.335 e. The molecular formula is C19H20F3N3O2S. The molecule has 28 heavy (non-hydrogen) atoms. The van der Waals surface area contributed by atoms with Crippen molar-refractivity contribution in [3.05, 3.63) is 51.7 Å². The molecule has 0 saturated carbocycles. The summed E-state index contributed by atoms with van der Waals surface area (Å²) in [6.07, 6.45) is -4.53. The minimum Gasteiger partial charge on any atom is -0.335 e. The first-order valence-corrected chi connectivity index (χ1v) is 9.65. The highest BCUT2D eigenvalue weighted by Crippen LogP contribution is 2.34. The van der Waals surface area contributed by atoms with Crippen molar-refractivity contribution in [2.24, 2.45) is 0 Å². The minimum absolute atomic E-state index is 0.0179. The van der Waals surface area contributed by atoms with Crippen LogP contribution in [0.1, 0.15) is 20.8 Å². The van der Waals surface area contributed by atoms with Gasteiger partial charge < -0.3 is 10.2 Å². The topological polar surface area (TPSA) is 52.7 Å². The fourth-order valence-electron chi connectivity index (χ4n) is 3.08. The number of para-hydroxylation sites is 1. The summed E-state index contributed by atoms with van der Waals surface area (Å²) in [6, 6.07) is 6.80. The number of nitrogens with one attached hydrogen (secondary N) is 1. The van der Waals surface area contributed by atoms with Gasteiger partial charge in [-0.2, -0.15) is 13.2 Å². The first kappa shape index (κ1) is 20.3. The molecule has 2 heterocycles. The Balaban J connectivity index is 1.53. The molecule has 2 amide bonds. The lowest BCUT2D eigenvalue weighted by atomic mass is 10.1. The first-order valence-electron chi connectivity index (χ1n) is 8.77. The zero-order valence-corrected chi connectivity index (χ0v) is 16.1. The monoisotopic (exact) mass is 411 g/mol. The molecule has 0 bridgehead atoms. The summed E-state index contributed by atoms with van der Waals surface area (Å²) in [5, 5.41) is 4.23. The number of rotatable bonds is 4. The highest BCUT2D eigenvalue weighted by molar-refractivity contribution is 7.12. The number of aryl methyl sites for hydroxylation is 1. The summed E-state index contributed by atoms with van der Waals surface area (Å²) in [5.74, 6) is -0.527. The molecule has 0 aliphatic carbocycles. The van der Waals surface area contributed by atoms with Crippen LogP contribution < -0.4 is 5.32 Å². The molecule has 3 rings (SSSR count). The molecule has 1 aromatic heterocycles. The van der Waals surface area contributed by atoms with Crippen molar-refractivity contribution in [2.75, 3.05) is 38.0 Å². The van der Waals surface area contributed by atoms with Crippen molar-refractivity contribution < 1.29 is 22.8 Å². The summed E-state index contributed by atoms with van der Waals surface area (Å²) in [4.78, 5) is 29.0. The lowest BCUT2D eigenvalue weighted by Gasteiger charge is -2.34. The van der Waals surface area contributed by atoms with E-state index in [9.17, 15) is 22.8 Å². The zero-order chi connectivity index (χ0) is 20.3. The van der Waals surface area contributed by atoms with Crippen LogP contribution in [0, 0.1) is 6.92 Å². The normalized spacial score (nSPS) is 15.5. The minimum atomic E-state index is -4.53. The van der Waals surface area contributed by atoms with E-state index in [1.807, 2.05) is 23.3 Å². The first-order chi connectivity index (χ1) is 13.3. The molecule has 0 radical (unpaired) electrons. The zero-order valence-electron chi connectivity index (χ0n) is 15.3. The number of hydrogen-bond donors (Lipinski definition) is 1. The van der Waals surface area contributed by atoms with E-state index in [-0.39, 0.29) is 18.1 Å². The molecule has 5 nitrogen and oxygen atoms in total. The summed E-state index contributed by atoms with van der Waals surface area (Å²) in [6.45, 7) is 3.80. The SMILES string of the molecule is Cc1ccsc1C(=O)N1CCN(CC(=O)Nc2ccccc2C(F)(F)F)CC1. The second-order valence-electron chi connectivity index (χ2n) is 6.59. The van der Waals surface area contributed by atoms with Gasteiger partial charge in [-0.3, -0.25) is 14.5 Å². The van der Waals surface area contributed by atoms with Gasteiger partial charge in [0.25, 0.3) is 5.91 Å². The van der Waals surface area contributed by atoms with Crippen molar-refractivity contribution in [3.63, 3.8) is 0 Å². The van der Waals surface area contributed by atoms with E-state index in [0.29, 0.717) is 26.2 Å². The molecule has 1 aliphatic rings. The molecule has 1 fully saturated rings. The second-order valence-corrected chi connectivity index (χ2v) is 7.51. The Morgan fingerprint density at radius 3 is 2.39 bits per heavy atom. The Kier molecular flexibility index (Phi) is 6.04. The van der Waals surface area contributed by atoms with Crippen LogP contribution in [0.2, 0.25) is 0 Å². The number of nitrogens with zero attached hydrogens (tertiary/aromatic N) is 2. The number of benzene rings is 1. The largest absolute Gasteiger partial charge is 0.418 e. The number of halogens is 3. The molecule has 9 heteroatoms.